The topological polar surface area (TPSA) is 35.2 Å². The molecular weight excluding hydrogens is 290 g/mol. The average molecular weight is 314 g/mol. The van der Waals surface area contributed by atoms with Crippen LogP contribution in [0.3, 0.4) is 0 Å². The Morgan fingerprint density at radius 3 is 2.50 bits per heavy atom. The molecule has 1 rings (SSSR count). The zero-order valence-corrected chi connectivity index (χ0v) is 12.8. The molecule has 0 bridgehead atoms. The summed E-state index contributed by atoms with van der Waals surface area (Å²) >= 11 is 3.47. The Bertz CT molecular complexity index is 341. The first-order valence-electron chi connectivity index (χ1n) is 6.88. The fourth-order valence-electron chi connectivity index (χ4n) is 1.89. The van der Waals surface area contributed by atoms with E-state index in [4.69, 9.17) is 10.5 Å². The molecule has 0 aliphatic heterocycles. The minimum absolute atomic E-state index is 0.548. The smallest absolute Gasteiger partial charge is 0.120 e. The van der Waals surface area contributed by atoms with Crippen molar-refractivity contribution in [1.82, 2.24) is 0 Å². The van der Waals surface area contributed by atoms with Crippen LogP contribution in [0.25, 0.3) is 0 Å². The molecule has 0 fully saturated rings. The molecule has 18 heavy (non-hydrogen) atoms. The third-order valence-electron chi connectivity index (χ3n) is 2.93. The van der Waals surface area contributed by atoms with Crippen LogP contribution < -0.4 is 10.5 Å². The van der Waals surface area contributed by atoms with Gasteiger partial charge in [0.15, 0.2) is 0 Å². The van der Waals surface area contributed by atoms with E-state index in [1.165, 1.54) is 32.1 Å². The molecule has 3 heteroatoms. The van der Waals surface area contributed by atoms with E-state index >= 15 is 0 Å². The van der Waals surface area contributed by atoms with Crippen LogP contribution in [-0.2, 0) is 6.54 Å². The molecule has 2 nitrogen and oxygen atoms in total. The molecule has 0 saturated carbocycles. The van der Waals surface area contributed by atoms with Crippen molar-refractivity contribution < 1.29 is 4.74 Å². The summed E-state index contributed by atoms with van der Waals surface area (Å²) in [6.07, 6.45) is 7.73. The Hall–Kier alpha value is -0.540. The molecule has 0 spiro atoms. The standard InChI is InChI=1S/C15H24BrNO/c1-2-3-4-5-6-7-8-18-15-10-13(12-17)9-14(16)11-15/h9-11H,2-8,12,17H2,1H3. The highest BCUT2D eigenvalue weighted by Gasteiger charge is 1.99. The minimum Gasteiger partial charge on any atom is -0.494 e. The maximum Gasteiger partial charge on any atom is 0.120 e. The predicted octanol–water partition coefficient (Wildman–Crippen LogP) is 4.65. The first-order chi connectivity index (χ1) is 8.76. The van der Waals surface area contributed by atoms with E-state index in [1.54, 1.807) is 0 Å². The third-order valence-corrected chi connectivity index (χ3v) is 3.39. The van der Waals surface area contributed by atoms with Crippen LogP contribution in [0.15, 0.2) is 22.7 Å². The van der Waals surface area contributed by atoms with E-state index in [0.29, 0.717) is 6.54 Å². The molecule has 102 valence electrons. The highest BCUT2D eigenvalue weighted by Crippen LogP contribution is 2.21. The van der Waals surface area contributed by atoms with Crippen LogP contribution >= 0.6 is 15.9 Å². The lowest BCUT2D eigenvalue weighted by Crippen LogP contribution is -2.00. The minimum atomic E-state index is 0.548. The molecule has 0 aromatic heterocycles. The van der Waals surface area contributed by atoms with Crippen molar-refractivity contribution in [2.24, 2.45) is 5.73 Å². The summed E-state index contributed by atoms with van der Waals surface area (Å²) in [4.78, 5) is 0. The summed E-state index contributed by atoms with van der Waals surface area (Å²) in [5, 5.41) is 0. The lowest BCUT2D eigenvalue weighted by atomic mass is 10.1. The number of benzene rings is 1. The van der Waals surface area contributed by atoms with E-state index in [0.717, 1.165) is 28.8 Å². The zero-order chi connectivity index (χ0) is 13.2. The third kappa shape index (κ3) is 6.41. The number of hydrogen-bond acceptors (Lipinski definition) is 2. The average Bonchev–Trinajstić information content (AvgIpc) is 2.37. The zero-order valence-electron chi connectivity index (χ0n) is 11.3. The maximum absolute atomic E-state index is 5.75. The van der Waals surface area contributed by atoms with Crippen molar-refractivity contribution in [3.63, 3.8) is 0 Å². The van der Waals surface area contributed by atoms with Crippen molar-refractivity contribution >= 4 is 15.9 Å². The van der Waals surface area contributed by atoms with Gasteiger partial charge in [0.25, 0.3) is 0 Å². The fourth-order valence-corrected chi connectivity index (χ4v) is 2.41. The number of unbranched alkanes of at least 4 members (excludes halogenated alkanes) is 5. The Labute approximate surface area is 119 Å². The van der Waals surface area contributed by atoms with E-state index in [1.807, 2.05) is 18.2 Å². The van der Waals surface area contributed by atoms with Gasteiger partial charge in [-0.25, -0.2) is 0 Å². The maximum atomic E-state index is 5.75. The first-order valence-corrected chi connectivity index (χ1v) is 7.68. The fraction of sp³-hybridized carbons (Fsp3) is 0.600. The summed E-state index contributed by atoms with van der Waals surface area (Å²) in [5.74, 6) is 0.915. The molecule has 0 aliphatic carbocycles. The summed E-state index contributed by atoms with van der Waals surface area (Å²) in [7, 11) is 0. The number of hydrogen-bond donors (Lipinski definition) is 1. The van der Waals surface area contributed by atoms with Crippen LogP contribution in [0.2, 0.25) is 0 Å². The monoisotopic (exact) mass is 313 g/mol. The van der Waals surface area contributed by atoms with Gasteiger partial charge in [-0.1, -0.05) is 55.0 Å². The quantitative estimate of drug-likeness (QED) is 0.674. The van der Waals surface area contributed by atoms with Crippen molar-refractivity contribution in [3.05, 3.63) is 28.2 Å². The summed E-state index contributed by atoms with van der Waals surface area (Å²) in [5.41, 5.74) is 6.73. The van der Waals surface area contributed by atoms with E-state index in [-0.39, 0.29) is 0 Å². The number of halogens is 1. The molecule has 0 aliphatic rings. The summed E-state index contributed by atoms with van der Waals surface area (Å²) in [6.45, 7) is 3.59. The van der Waals surface area contributed by atoms with Gasteiger partial charge in [-0.2, -0.15) is 0 Å². The van der Waals surface area contributed by atoms with Gasteiger partial charge in [0.05, 0.1) is 6.61 Å². The predicted molar refractivity (Wildman–Crippen MR) is 80.9 cm³/mol. The molecular formula is C15H24BrNO. The van der Waals surface area contributed by atoms with Gasteiger partial charge in [-0.05, 0) is 30.2 Å². The highest BCUT2D eigenvalue weighted by molar-refractivity contribution is 9.10. The van der Waals surface area contributed by atoms with Gasteiger partial charge < -0.3 is 10.5 Å². The van der Waals surface area contributed by atoms with Gasteiger partial charge >= 0.3 is 0 Å². The number of rotatable bonds is 9. The second-order valence-corrected chi connectivity index (χ2v) is 5.53. The Morgan fingerprint density at radius 1 is 1.06 bits per heavy atom. The van der Waals surface area contributed by atoms with E-state index in [9.17, 15) is 0 Å². The molecule has 0 radical (unpaired) electrons. The lowest BCUT2D eigenvalue weighted by molar-refractivity contribution is 0.304. The van der Waals surface area contributed by atoms with Crippen molar-refractivity contribution in [3.8, 4) is 5.75 Å². The molecule has 1 aromatic rings. The van der Waals surface area contributed by atoms with Gasteiger partial charge in [0.1, 0.15) is 5.75 Å². The lowest BCUT2D eigenvalue weighted by Gasteiger charge is -2.08. The van der Waals surface area contributed by atoms with Crippen molar-refractivity contribution in [1.29, 1.82) is 0 Å². The van der Waals surface area contributed by atoms with Crippen LogP contribution in [0.4, 0.5) is 0 Å². The van der Waals surface area contributed by atoms with Gasteiger partial charge in [-0.3, -0.25) is 0 Å². The second kappa shape index (κ2) is 9.40. The van der Waals surface area contributed by atoms with E-state index in [2.05, 4.69) is 22.9 Å². The molecule has 0 saturated heterocycles. The van der Waals surface area contributed by atoms with Crippen molar-refractivity contribution in [2.75, 3.05) is 6.61 Å². The molecule has 0 unspecified atom stereocenters. The van der Waals surface area contributed by atoms with Crippen LogP contribution in [0.5, 0.6) is 5.75 Å². The van der Waals surface area contributed by atoms with Crippen LogP contribution in [0.1, 0.15) is 51.0 Å². The van der Waals surface area contributed by atoms with Crippen molar-refractivity contribution in [2.45, 2.75) is 52.0 Å². The molecule has 0 heterocycles. The Morgan fingerprint density at radius 2 is 1.78 bits per heavy atom. The Balaban J connectivity index is 2.20. The summed E-state index contributed by atoms with van der Waals surface area (Å²) < 4.78 is 6.78. The highest BCUT2D eigenvalue weighted by atomic mass is 79.9. The number of ether oxygens (including phenoxy) is 1. The van der Waals surface area contributed by atoms with Gasteiger partial charge in [0.2, 0.25) is 0 Å². The van der Waals surface area contributed by atoms with E-state index < -0.39 is 0 Å². The van der Waals surface area contributed by atoms with Gasteiger partial charge in [0, 0.05) is 11.0 Å². The van der Waals surface area contributed by atoms with Crippen LogP contribution in [0, 0.1) is 0 Å². The normalized spacial score (nSPS) is 10.6. The summed E-state index contributed by atoms with van der Waals surface area (Å²) in [6, 6.07) is 6.04. The molecule has 0 amide bonds. The SMILES string of the molecule is CCCCCCCCOc1cc(Br)cc(CN)c1. The number of nitrogens with two attached hydrogens (primary N) is 1. The largest absolute Gasteiger partial charge is 0.494 e. The molecule has 1 aromatic carbocycles. The molecule has 0 atom stereocenters. The second-order valence-electron chi connectivity index (χ2n) is 4.62. The van der Waals surface area contributed by atoms with Gasteiger partial charge in [-0.15, -0.1) is 0 Å². The Kier molecular flexibility index (Phi) is 8.10. The first kappa shape index (κ1) is 15.5. The van der Waals surface area contributed by atoms with Crippen LogP contribution in [-0.4, -0.2) is 6.61 Å². The molecule has 2 N–H and O–H groups in total.